The second-order valence-electron chi connectivity index (χ2n) is 8.10. The minimum Gasteiger partial charge on any atom is -0.464 e. The third kappa shape index (κ3) is 3.72. The Morgan fingerprint density at radius 2 is 1.82 bits per heavy atom. The first-order valence-electron chi connectivity index (χ1n) is 10.9. The quantitative estimate of drug-likeness (QED) is 0.255. The number of halogens is 1. The average molecular weight is 471 g/mol. The Hall–Kier alpha value is -4.03. The zero-order valence-electron chi connectivity index (χ0n) is 17.9. The molecule has 3 heterocycles. The maximum Gasteiger partial charge on any atom is 0.343 e. The van der Waals surface area contributed by atoms with E-state index in [9.17, 15) is 4.79 Å². The van der Waals surface area contributed by atoms with Gasteiger partial charge in [-0.05, 0) is 66.7 Å². The summed E-state index contributed by atoms with van der Waals surface area (Å²) in [7, 11) is 0. The number of carbonyl (C=O) groups excluding carboxylic acids is 1. The molecule has 34 heavy (non-hydrogen) atoms. The fourth-order valence-electron chi connectivity index (χ4n) is 4.31. The number of benzene rings is 3. The van der Waals surface area contributed by atoms with E-state index in [1.165, 1.54) is 0 Å². The molecule has 0 aliphatic carbocycles. The van der Waals surface area contributed by atoms with Gasteiger partial charge < -0.3 is 13.9 Å². The highest BCUT2D eigenvalue weighted by Crippen LogP contribution is 2.48. The standard InChI is InChI=1S/C27H19ClN2O4/c28-19-10-13-24-21(15-19)23-16-22(25-7-4-14-32-25)29-30(23)26(34-24)17-8-11-20(12-9-17)33-27(31)18-5-2-1-3-6-18/h1-15,23,26H,16H2/t23-,26+/m1/s1. The largest absolute Gasteiger partial charge is 0.464 e. The van der Waals surface area contributed by atoms with E-state index in [1.807, 2.05) is 53.5 Å². The molecule has 0 bridgehead atoms. The summed E-state index contributed by atoms with van der Waals surface area (Å²) >= 11 is 6.29. The lowest BCUT2D eigenvalue weighted by molar-refractivity contribution is -0.0190. The number of esters is 1. The number of hydrogen-bond donors (Lipinski definition) is 0. The Balaban J connectivity index is 1.30. The normalized spacial score (nSPS) is 18.5. The van der Waals surface area contributed by atoms with Gasteiger partial charge in [-0.25, -0.2) is 9.80 Å². The molecular weight excluding hydrogens is 452 g/mol. The molecule has 0 radical (unpaired) electrons. The first kappa shape index (κ1) is 20.6. The van der Waals surface area contributed by atoms with Crippen LogP contribution in [0.25, 0.3) is 0 Å². The summed E-state index contributed by atoms with van der Waals surface area (Å²) in [5.74, 6) is 1.56. The van der Waals surface area contributed by atoms with Crippen LogP contribution in [-0.2, 0) is 0 Å². The topological polar surface area (TPSA) is 64.3 Å². The van der Waals surface area contributed by atoms with Gasteiger partial charge in [0.1, 0.15) is 23.0 Å². The van der Waals surface area contributed by atoms with Crippen LogP contribution < -0.4 is 9.47 Å². The monoisotopic (exact) mass is 470 g/mol. The van der Waals surface area contributed by atoms with Crippen LogP contribution >= 0.6 is 11.6 Å². The Bertz CT molecular complexity index is 1370. The molecule has 2 aliphatic heterocycles. The van der Waals surface area contributed by atoms with Crippen molar-refractivity contribution in [3.8, 4) is 11.5 Å². The molecule has 0 spiro atoms. The van der Waals surface area contributed by atoms with Crippen LogP contribution in [0.15, 0.2) is 101 Å². The smallest absolute Gasteiger partial charge is 0.343 e. The van der Waals surface area contributed by atoms with Crippen LogP contribution in [0, 0.1) is 0 Å². The predicted molar refractivity (Wildman–Crippen MR) is 127 cm³/mol. The molecule has 7 heteroatoms. The van der Waals surface area contributed by atoms with Gasteiger partial charge in [-0.15, -0.1) is 0 Å². The highest BCUT2D eigenvalue weighted by molar-refractivity contribution is 6.30. The van der Waals surface area contributed by atoms with E-state index >= 15 is 0 Å². The molecule has 6 rings (SSSR count). The molecule has 2 aliphatic rings. The van der Waals surface area contributed by atoms with E-state index in [0.29, 0.717) is 22.8 Å². The van der Waals surface area contributed by atoms with Crippen molar-refractivity contribution in [1.29, 1.82) is 0 Å². The minimum absolute atomic E-state index is 0.0388. The lowest BCUT2D eigenvalue weighted by Gasteiger charge is -2.38. The highest BCUT2D eigenvalue weighted by atomic mass is 35.5. The van der Waals surface area contributed by atoms with Crippen LogP contribution in [0.2, 0.25) is 5.02 Å². The molecule has 0 amide bonds. The van der Waals surface area contributed by atoms with Gasteiger partial charge in [0.05, 0.1) is 17.9 Å². The van der Waals surface area contributed by atoms with E-state index in [2.05, 4.69) is 0 Å². The van der Waals surface area contributed by atoms with Gasteiger partial charge in [0.15, 0.2) is 0 Å². The summed E-state index contributed by atoms with van der Waals surface area (Å²) in [4.78, 5) is 12.4. The summed E-state index contributed by atoms with van der Waals surface area (Å²) in [5, 5.41) is 7.45. The molecule has 0 saturated carbocycles. The van der Waals surface area contributed by atoms with Gasteiger partial charge in [0.2, 0.25) is 6.23 Å². The second kappa shape index (κ2) is 8.39. The van der Waals surface area contributed by atoms with Gasteiger partial charge in [-0.2, -0.15) is 5.10 Å². The summed E-state index contributed by atoms with van der Waals surface area (Å²) in [6.45, 7) is 0. The van der Waals surface area contributed by atoms with Crippen LogP contribution in [0.1, 0.15) is 45.9 Å². The second-order valence-corrected chi connectivity index (χ2v) is 8.54. The van der Waals surface area contributed by atoms with Gasteiger partial charge in [-0.3, -0.25) is 0 Å². The number of ether oxygens (including phenoxy) is 2. The third-order valence-electron chi connectivity index (χ3n) is 5.94. The van der Waals surface area contributed by atoms with Crippen molar-refractivity contribution in [2.24, 2.45) is 5.10 Å². The SMILES string of the molecule is O=C(Oc1ccc([C@@H]2Oc3ccc(Cl)cc3[C@H]3CC(c4ccco4)=NN32)cc1)c1ccccc1. The Kier molecular flexibility index (Phi) is 5.08. The van der Waals surface area contributed by atoms with Crippen molar-refractivity contribution < 1.29 is 18.7 Å². The molecule has 0 unspecified atom stereocenters. The number of hydrogen-bond acceptors (Lipinski definition) is 6. The maximum atomic E-state index is 12.4. The van der Waals surface area contributed by atoms with Crippen LogP contribution in [-0.4, -0.2) is 16.7 Å². The fraction of sp³-hybridized carbons (Fsp3) is 0.111. The molecule has 2 atom stereocenters. The van der Waals surface area contributed by atoms with E-state index in [-0.39, 0.29) is 6.04 Å². The summed E-state index contributed by atoms with van der Waals surface area (Å²) < 4.78 is 17.5. The molecule has 3 aromatic carbocycles. The van der Waals surface area contributed by atoms with Gasteiger partial charge >= 0.3 is 5.97 Å². The molecule has 6 nitrogen and oxygen atoms in total. The number of rotatable bonds is 4. The third-order valence-corrected chi connectivity index (χ3v) is 6.18. The predicted octanol–water partition coefficient (Wildman–Crippen LogP) is 6.39. The van der Waals surface area contributed by atoms with Crippen molar-refractivity contribution in [2.75, 3.05) is 0 Å². The van der Waals surface area contributed by atoms with Crippen molar-refractivity contribution in [3.05, 3.63) is 119 Å². The van der Waals surface area contributed by atoms with Crippen molar-refractivity contribution in [1.82, 2.24) is 5.01 Å². The van der Waals surface area contributed by atoms with E-state index in [0.717, 1.165) is 28.3 Å². The number of hydrazone groups is 1. The van der Waals surface area contributed by atoms with Gasteiger partial charge in [0.25, 0.3) is 0 Å². The number of nitrogens with zero attached hydrogens (tertiary/aromatic N) is 2. The van der Waals surface area contributed by atoms with Crippen LogP contribution in [0.4, 0.5) is 0 Å². The highest BCUT2D eigenvalue weighted by Gasteiger charge is 2.41. The first-order chi connectivity index (χ1) is 16.7. The molecule has 0 saturated heterocycles. The van der Waals surface area contributed by atoms with Crippen LogP contribution in [0.3, 0.4) is 0 Å². The van der Waals surface area contributed by atoms with Gasteiger partial charge in [0, 0.05) is 22.6 Å². The number of carbonyl (C=O) groups is 1. The zero-order valence-corrected chi connectivity index (χ0v) is 18.7. The molecule has 0 fully saturated rings. The number of fused-ring (bicyclic) bond motifs is 3. The van der Waals surface area contributed by atoms with Crippen molar-refractivity contribution in [2.45, 2.75) is 18.7 Å². The minimum atomic E-state index is -0.454. The fourth-order valence-corrected chi connectivity index (χ4v) is 4.49. The lowest BCUT2D eigenvalue weighted by atomic mass is 9.97. The van der Waals surface area contributed by atoms with Crippen LogP contribution in [0.5, 0.6) is 11.5 Å². The molecule has 1 aromatic heterocycles. The Morgan fingerprint density at radius 3 is 2.59 bits per heavy atom. The van der Waals surface area contributed by atoms with Crippen molar-refractivity contribution >= 4 is 23.3 Å². The Labute approximate surface area is 201 Å². The van der Waals surface area contributed by atoms with Crippen molar-refractivity contribution in [3.63, 3.8) is 0 Å². The van der Waals surface area contributed by atoms with E-state index in [4.69, 9.17) is 30.6 Å². The molecule has 0 N–H and O–H groups in total. The van der Waals surface area contributed by atoms with E-state index < -0.39 is 12.2 Å². The summed E-state index contributed by atoms with van der Waals surface area (Å²) in [6, 6.07) is 25.6. The molecular formula is C27H19ClN2O4. The average Bonchev–Trinajstić information content (AvgIpc) is 3.55. The van der Waals surface area contributed by atoms with Gasteiger partial charge in [-0.1, -0.05) is 29.8 Å². The Morgan fingerprint density at radius 1 is 1.00 bits per heavy atom. The summed E-state index contributed by atoms with van der Waals surface area (Å²) in [6.07, 6.45) is 1.86. The molecule has 168 valence electrons. The zero-order chi connectivity index (χ0) is 23.1. The maximum absolute atomic E-state index is 12.4. The lowest BCUT2D eigenvalue weighted by Crippen LogP contribution is -2.33. The number of furan rings is 1. The summed E-state index contributed by atoms with van der Waals surface area (Å²) in [5.41, 5.74) is 3.22. The molecule has 4 aromatic rings. The van der Waals surface area contributed by atoms with E-state index in [1.54, 1.807) is 42.7 Å². The first-order valence-corrected chi connectivity index (χ1v) is 11.3.